The predicted molar refractivity (Wildman–Crippen MR) is 81.9 cm³/mol. The molecule has 4 nitrogen and oxygen atoms in total. The van der Waals surface area contributed by atoms with E-state index >= 15 is 0 Å². The van der Waals surface area contributed by atoms with Crippen LogP contribution in [0, 0.1) is 0 Å². The molecular formula is C16H14ClN3O. The first-order valence-electron chi connectivity index (χ1n) is 6.61. The molecule has 2 aromatic carbocycles. The van der Waals surface area contributed by atoms with Gasteiger partial charge in [0.2, 0.25) is 0 Å². The first kappa shape index (κ1) is 13.6. The highest BCUT2D eigenvalue weighted by Crippen LogP contribution is 2.24. The van der Waals surface area contributed by atoms with E-state index < -0.39 is 0 Å². The Balaban J connectivity index is 1.86. The summed E-state index contributed by atoms with van der Waals surface area (Å²) >= 11 is 5.97. The molecular weight excluding hydrogens is 286 g/mol. The number of hydrogen-bond donors (Lipinski definition) is 0. The van der Waals surface area contributed by atoms with Crippen molar-refractivity contribution in [2.24, 2.45) is 0 Å². The number of rotatable bonds is 4. The average Bonchev–Trinajstić information content (AvgIpc) is 2.98. The van der Waals surface area contributed by atoms with Gasteiger partial charge in [0, 0.05) is 10.7 Å². The maximum atomic E-state index is 5.97. The molecule has 3 rings (SSSR count). The molecule has 106 valence electrons. The van der Waals surface area contributed by atoms with Crippen LogP contribution < -0.4 is 4.74 Å². The maximum Gasteiger partial charge on any atom is 0.178 e. The molecule has 0 fully saturated rings. The fraction of sp³-hybridized carbons (Fsp3) is 0.125. The average molecular weight is 300 g/mol. The van der Waals surface area contributed by atoms with E-state index in [2.05, 4.69) is 10.2 Å². The third kappa shape index (κ3) is 3.06. The van der Waals surface area contributed by atoms with Crippen LogP contribution in [0.3, 0.4) is 0 Å². The zero-order valence-electron chi connectivity index (χ0n) is 11.5. The normalized spacial score (nSPS) is 12.1. The minimum absolute atomic E-state index is 0.244. The van der Waals surface area contributed by atoms with E-state index in [1.807, 2.05) is 60.0 Å². The van der Waals surface area contributed by atoms with Crippen LogP contribution in [0.2, 0.25) is 5.02 Å². The molecule has 0 spiro atoms. The monoisotopic (exact) mass is 299 g/mol. The Morgan fingerprint density at radius 1 is 1.10 bits per heavy atom. The highest BCUT2D eigenvalue weighted by molar-refractivity contribution is 6.30. The smallest absolute Gasteiger partial charge is 0.178 e. The SMILES string of the molecule is CC(Oc1cccc(Cl)c1)c1nncn1-c1ccccc1. The summed E-state index contributed by atoms with van der Waals surface area (Å²) in [5.41, 5.74) is 0.999. The van der Waals surface area contributed by atoms with E-state index in [9.17, 15) is 0 Å². The van der Waals surface area contributed by atoms with Crippen LogP contribution in [0.1, 0.15) is 18.9 Å². The second-order valence-corrected chi connectivity index (χ2v) is 5.05. The number of halogens is 1. The fourth-order valence-corrected chi connectivity index (χ4v) is 2.29. The van der Waals surface area contributed by atoms with Crippen molar-refractivity contribution in [3.8, 4) is 11.4 Å². The van der Waals surface area contributed by atoms with Gasteiger partial charge >= 0.3 is 0 Å². The van der Waals surface area contributed by atoms with Gasteiger partial charge in [0.15, 0.2) is 11.9 Å². The lowest BCUT2D eigenvalue weighted by atomic mass is 10.3. The van der Waals surface area contributed by atoms with Crippen molar-refractivity contribution in [3.63, 3.8) is 0 Å². The van der Waals surface area contributed by atoms with Gasteiger partial charge in [-0.15, -0.1) is 10.2 Å². The molecule has 0 amide bonds. The van der Waals surface area contributed by atoms with Crippen LogP contribution in [-0.4, -0.2) is 14.8 Å². The topological polar surface area (TPSA) is 39.9 Å². The van der Waals surface area contributed by atoms with Gasteiger partial charge in [-0.25, -0.2) is 0 Å². The fourth-order valence-electron chi connectivity index (χ4n) is 2.11. The molecule has 0 saturated heterocycles. The maximum absolute atomic E-state index is 5.97. The molecule has 5 heteroatoms. The molecule has 0 aliphatic carbocycles. The number of aromatic nitrogens is 3. The van der Waals surface area contributed by atoms with E-state index in [0.717, 1.165) is 11.5 Å². The molecule has 1 heterocycles. The van der Waals surface area contributed by atoms with Crippen molar-refractivity contribution in [3.05, 3.63) is 71.8 Å². The van der Waals surface area contributed by atoms with Crippen LogP contribution in [-0.2, 0) is 0 Å². The van der Waals surface area contributed by atoms with Crippen molar-refractivity contribution in [2.45, 2.75) is 13.0 Å². The predicted octanol–water partition coefficient (Wildman–Crippen LogP) is 4.06. The van der Waals surface area contributed by atoms with Gasteiger partial charge in [0.05, 0.1) is 0 Å². The molecule has 0 aliphatic heterocycles. The van der Waals surface area contributed by atoms with Gasteiger partial charge < -0.3 is 4.74 Å². The standard InChI is InChI=1S/C16H14ClN3O/c1-12(21-15-9-5-6-13(17)10-15)16-19-18-11-20(16)14-7-3-2-4-8-14/h2-12H,1H3. The summed E-state index contributed by atoms with van der Waals surface area (Å²) in [6.07, 6.45) is 1.44. The largest absolute Gasteiger partial charge is 0.483 e. The lowest BCUT2D eigenvalue weighted by Crippen LogP contribution is -2.10. The molecule has 0 saturated carbocycles. The van der Waals surface area contributed by atoms with Crippen molar-refractivity contribution in [2.75, 3.05) is 0 Å². The van der Waals surface area contributed by atoms with Crippen molar-refractivity contribution in [1.29, 1.82) is 0 Å². The van der Waals surface area contributed by atoms with Gasteiger partial charge in [-0.1, -0.05) is 35.9 Å². The highest BCUT2D eigenvalue weighted by atomic mass is 35.5. The van der Waals surface area contributed by atoms with Crippen molar-refractivity contribution in [1.82, 2.24) is 14.8 Å². The molecule has 3 aromatic rings. The van der Waals surface area contributed by atoms with Gasteiger partial charge in [-0.05, 0) is 37.3 Å². The van der Waals surface area contributed by atoms with E-state index in [1.54, 1.807) is 12.4 Å². The van der Waals surface area contributed by atoms with Crippen molar-refractivity contribution >= 4 is 11.6 Å². The van der Waals surface area contributed by atoms with Crippen molar-refractivity contribution < 1.29 is 4.74 Å². The van der Waals surface area contributed by atoms with E-state index in [0.29, 0.717) is 10.8 Å². The molecule has 1 unspecified atom stereocenters. The number of benzene rings is 2. The molecule has 0 bridgehead atoms. The Morgan fingerprint density at radius 3 is 2.67 bits per heavy atom. The van der Waals surface area contributed by atoms with Crippen LogP contribution >= 0.6 is 11.6 Å². The highest BCUT2D eigenvalue weighted by Gasteiger charge is 2.16. The summed E-state index contributed by atoms with van der Waals surface area (Å²) in [6, 6.07) is 17.2. The summed E-state index contributed by atoms with van der Waals surface area (Å²) in [6.45, 7) is 1.93. The van der Waals surface area contributed by atoms with Gasteiger partial charge in [0.25, 0.3) is 0 Å². The number of para-hydroxylation sites is 1. The zero-order chi connectivity index (χ0) is 14.7. The Hall–Kier alpha value is -2.33. The zero-order valence-corrected chi connectivity index (χ0v) is 12.2. The van der Waals surface area contributed by atoms with Gasteiger partial charge in [0.1, 0.15) is 12.1 Å². The molecule has 0 aliphatic rings. The summed E-state index contributed by atoms with van der Waals surface area (Å²) < 4.78 is 7.81. The molecule has 0 N–H and O–H groups in total. The summed E-state index contributed by atoms with van der Waals surface area (Å²) in [7, 11) is 0. The summed E-state index contributed by atoms with van der Waals surface area (Å²) in [4.78, 5) is 0. The lowest BCUT2D eigenvalue weighted by Gasteiger charge is -2.15. The summed E-state index contributed by atoms with van der Waals surface area (Å²) in [5.74, 6) is 1.44. The third-order valence-electron chi connectivity index (χ3n) is 3.08. The first-order chi connectivity index (χ1) is 10.2. The quantitative estimate of drug-likeness (QED) is 0.729. The Labute approximate surface area is 128 Å². The third-order valence-corrected chi connectivity index (χ3v) is 3.32. The Kier molecular flexibility index (Phi) is 3.88. The van der Waals surface area contributed by atoms with E-state index in [-0.39, 0.29) is 6.10 Å². The molecule has 1 aromatic heterocycles. The minimum Gasteiger partial charge on any atom is -0.483 e. The first-order valence-corrected chi connectivity index (χ1v) is 6.99. The van der Waals surface area contributed by atoms with Crippen LogP contribution in [0.4, 0.5) is 0 Å². The minimum atomic E-state index is -0.244. The second kappa shape index (κ2) is 5.97. The van der Waals surface area contributed by atoms with E-state index in [4.69, 9.17) is 16.3 Å². The number of ether oxygens (including phenoxy) is 1. The molecule has 21 heavy (non-hydrogen) atoms. The molecule has 0 radical (unpaired) electrons. The van der Waals surface area contributed by atoms with Gasteiger partial charge in [-0.3, -0.25) is 4.57 Å². The van der Waals surface area contributed by atoms with Gasteiger partial charge in [-0.2, -0.15) is 0 Å². The van der Waals surface area contributed by atoms with Crippen LogP contribution in [0.5, 0.6) is 5.75 Å². The Morgan fingerprint density at radius 2 is 1.90 bits per heavy atom. The summed E-state index contributed by atoms with van der Waals surface area (Å²) in [5, 5.41) is 8.79. The van der Waals surface area contributed by atoms with E-state index in [1.165, 1.54) is 0 Å². The Bertz CT molecular complexity index is 727. The van der Waals surface area contributed by atoms with Crippen LogP contribution in [0.15, 0.2) is 60.9 Å². The number of hydrogen-bond acceptors (Lipinski definition) is 3. The second-order valence-electron chi connectivity index (χ2n) is 4.61. The lowest BCUT2D eigenvalue weighted by molar-refractivity contribution is 0.214. The number of nitrogens with zero attached hydrogens (tertiary/aromatic N) is 3. The molecule has 1 atom stereocenters. The van der Waals surface area contributed by atoms with Crippen LogP contribution in [0.25, 0.3) is 5.69 Å².